The molecular weight excluding hydrogens is 286 g/mol. The Kier molecular flexibility index (Phi) is 3.00. The van der Waals surface area contributed by atoms with Crippen LogP contribution in [0.4, 0.5) is 0 Å². The van der Waals surface area contributed by atoms with Gasteiger partial charge in [-0.1, -0.05) is 0 Å². The molecule has 1 saturated carbocycles. The molecule has 7 nitrogen and oxygen atoms in total. The van der Waals surface area contributed by atoms with E-state index in [1.807, 2.05) is 0 Å². The summed E-state index contributed by atoms with van der Waals surface area (Å²) in [6, 6.07) is 0. The first-order valence-corrected chi connectivity index (χ1v) is 7.83. The first-order chi connectivity index (χ1) is 10.6. The Morgan fingerprint density at radius 1 is 1.32 bits per heavy atom. The van der Waals surface area contributed by atoms with Crippen molar-refractivity contribution >= 4 is 5.91 Å². The Bertz CT molecular complexity index is 733. The summed E-state index contributed by atoms with van der Waals surface area (Å²) in [4.78, 5) is 42.9. The van der Waals surface area contributed by atoms with Crippen LogP contribution in [0.25, 0.3) is 0 Å². The molecule has 2 N–H and O–H groups in total. The van der Waals surface area contributed by atoms with Gasteiger partial charge in [0.1, 0.15) is 0 Å². The highest BCUT2D eigenvalue weighted by Crippen LogP contribution is 2.45. The van der Waals surface area contributed by atoms with E-state index in [0.717, 1.165) is 25.7 Å². The van der Waals surface area contributed by atoms with Crippen LogP contribution in [0.15, 0.2) is 9.59 Å². The molecule has 0 spiro atoms. The molecule has 2 fully saturated rings. The van der Waals surface area contributed by atoms with Crippen molar-refractivity contribution in [2.75, 3.05) is 13.2 Å². The van der Waals surface area contributed by atoms with E-state index in [1.165, 1.54) is 0 Å². The Morgan fingerprint density at radius 2 is 2.18 bits per heavy atom. The molecule has 1 aliphatic carbocycles. The molecule has 22 heavy (non-hydrogen) atoms. The second-order valence-corrected chi connectivity index (χ2v) is 6.65. The third kappa shape index (κ3) is 2.03. The van der Waals surface area contributed by atoms with Crippen molar-refractivity contribution in [1.82, 2.24) is 14.9 Å². The number of fused-ring (bicyclic) bond motifs is 3. The van der Waals surface area contributed by atoms with E-state index < -0.39 is 5.69 Å². The van der Waals surface area contributed by atoms with Crippen LogP contribution in [-0.4, -0.2) is 40.0 Å². The number of nitrogens with zero attached hydrogens (tertiary/aromatic N) is 1. The minimum absolute atomic E-state index is 0.112. The molecule has 2 atom stereocenters. The Hall–Kier alpha value is -1.89. The molecule has 1 amide bonds. The third-order valence-electron chi connectivity index (χ3n) is 5.25. The van der Waals surface area contributed by atoms with Gasteiger partial charge < -0.3 is 14.6 Å². The number of rotatable bonds is 1. The molecule has 1 aromatic rings. The van der Waals surface area contributed by atoms with Crippen LogP contribution < -0.4 is 11.2 Å². The van der Waals surface area contributed by atoms with Gasteiger partial charge in [0.2, 0.25) is 5.91 Å². The lowest BCUT2D eigenvalue weighted by Crippen LogP contribution is -2.49. The summed E-state index contributed by atoms with van der Waals surface area (Å²) in [7, 11) is 0. The predicted molar refractivity (Wildman–Crippen MR) is 77.4 cm³/mol. The predicted octanol–water partition coefficient (Wildman–Crippen LogP) is -0.0929. The second kappa shape index (κ2) is 4.81. The number of nitrogens with one attached hydrogen (secondary N) is 2. The molecule has 1 aromatic heterocycles. The summed E-state index contributed by atoms with van der Waals surface area (Å²) in [6.45, 7) is 1.33. The van der Waals surface area contributed by atoms with E-state index in [-0.39, 0.29) is 23.0 Å². The summed E-state index contributed by atoms with van der Waals surface area (Å²) in [6.07, 6.45) is 4.45. The molecule has 118 valence electrons. The number of aromatic amines is 2. The maximum atomic E-state index is 13.0. The highest BCUT2D eigenvalue weighted by molar-refractivity contribution is 5.83. The van der Waals surface area contributed by atoms with Gasteiger partial charge in [-0.05, 0) is 32.1 Å². The smallest absolute Gasteiger partial charge is 0.325 e. The zero-order valence-electron chi connectivity index (χ0n) is 12.3. The number of hydrogen-bond acceptors (Lipinski definition) is 4. The molecule has 2 aliphatic heterocycles. The summed E-state index contributed by atoms with van der Waals surface area (Å²) in [5.41, 5.74) is -0.0903. The second-order valence-electron chi connectivity index (χ2n) is 6.65. The van der Waals surface area contributed by atoms with Gasteiger partial charge in [-0.15, -0.1) is 0 Å². The lowest BCUT2D eigenvalue weighted by molar-refractivity contribution is -0.144. The van der Waals surface area contributed by atoms with Crippen molar-refractivity contribution in [3.05, 3.63) is 32.1 Å². The van der Waals surface area contributed by atoms with Gasteiger partial charge in [0, 0.05) is 17.8 Å². The lowest BCUT2D eigenvalue weighted by atomic mass is 9.74. The number of carbonyl (C=O) groups excluding carboxylic acids is 1. The van der Waals surface area contributed by atoms with E-state index >= 15 is 0 Å². The average molecular weight is 305 g/mol. The molecule has 3 aliphatic rings. The summed E-state index contributed by atoms with van der Waals surface area (Å²) in [5, 5.41) is 0. The summed E-state index contributed by atoms with van der Waals surface area (Å²) in [5.74, 6) is 0.112. The fourth-order valence-corrected chi connectivity index (χ4v) is 4.10. The standard InChI is InChI=1S/C15H19N3O4/c19-12-10-3-5-18(7-11(10)16-14(21)17-12)13(20)15-4-1-2-9(6-15)22-8-15/h9H,1-8H2,(H2,16,17,19,21). The average Bonchev–Trinajstić information content (AvgIpc) is 2.81. The number of hydrogen-bond donors (Lipinski definition) is 2. The van der Waals surface area contributed by atoms with E-state index in [2.05, 4.69) is 9.97 Å². The number of aromatic nitrogens is 2. The Morgan fingerprint density at radius 3 is 3.05 bits per heavy atom. The number of carbonyl (C=O) groups is 1. The first-order valence-electron chi connectivity index (χ1n) is 7.83. The van der Waals surface area contributed by atoms with Crippen molar-refractivity contribution in [1.29, 1.82) is 0 Å². The van der Waals surface area contributed by atoms with Crippen LogP contribution in [-0.2, 0) is 22.5 Å². The zero-order valence-corrected chi connectivity index (χ0v) is 12.3. The fraction of sp³-hybridized carbons (Fsp3) is 0.667. The normalized spacial score (nSPS) is 30.2. The van der Waals surface area contributed by atoms with Crippen LogP contribution in [0.5, 0.6) is 0 Å². The van der Waals surface area contributed by atoms with Crippen LogP contribution in [0, 0.1) is 5.41 Å². The molecule has 0 aromatic carbocycles. The Labute approximate surface area is 126 Å². The van der Waals surface area contributed by atoms with Gasteiger partial charge in [-0.2, -0.15) is 0 Å². The van der Waals surface area contributed by atoms with Crippen molar-refractivity contribution in [3.63, 3.8) is 0 Å². The van der Waals surface area contributed by atoms with Crippen LogP contribution >= 0.6 is 0 Å². The van der Waals surface area contributed by atoms with E-state index in [1.54, 1.807) is 4.90 Å². The van der Waals surface area contributed by atoms with Crippen LogP contribution in [0.2, 0.25) is 0 Å². The first kappa shape index (κ1) is 13.8. The fourth-order valence-electron chi connectivity index (χ4n) is 4.10. The SMILES string of the molecule is O=C(N1CCc2c([nH]c(=O)[nH]c2=O)C1)C12CCCC(C1)OC2. The van der Waals surface area contributed by atoms with Crippen molar-refractivity contribution in [2.45, 2.75) is 44.8 Å². The molecule has 1 saturated heterocycles. The van der Waals surface area contributed by atoms with E-state index in [9.17, 15) is 14.4 Å². The van der Waals surface area contributed by atoms with Gasteiger partial charge in [0.15, 0.2) is 0 Å². The van der Waals surface area contributed by atoms with E-state index in [4.69, 9.17) is 4.74 Å². The van der Waals surface area contributed by atoms with Crippen molar-refractivity contribution in [3.8, 4) is 0 Å². The zero-order chi connectivity index (χ0) is 15.3. The summed E-state index contributed by atoms with van der Waals surface area (Å²) < 4.78 is 5.74. The maximum Gasteiger partial charge on any atom is 0.325 e. The van der Waals surface area contributed by atoms with Crippen LogP contribution in [0.3, 0.4) is 0 Å². The largest absolute Gasteiger partial charge is 0.377 e. The minimum atomic E-state index is -0.516. The molecule has 7 heteroatoms. The molecule has 2 unspecified atom stereocenters. The number of H-pyrrole nitrogens is 2. The van der Waals surface area contributed by atoms with Crippen molar-refractivity contribution < 1.29 is 9.53 Å². The summed E-state index contributed by atoms with van der Waals surface area (Å²) >= 11 is 0. The molecule has 2 bridgehead atoms. The lowest BCUT2D eigenvalue weighted by Gasteiger charge is -2.37. The number of ether oxygens (including phenoxy) is 1. The Balaban J connectivity index is 1.61. The van der Waals surface area contributed by atoms with Crippen LogP contribution in [0.1, 0.15) is 36.9 Å². The maximum absolute atomic E-state index is 13.0. The van der Waals surface area contributed by atoms with Gasteiger partial charge in [0.05, 0.1) is 24.7 Å². The molecular formula is C15H19N3O4. The van der Waals surface area contributed by atoms with E-state index in [0.29, 0.717) is 37.4 Å². The van der Waals surface area contributed by atoms with Crippen molar-refractivity contribution in [2.24, 2.45) is 5.41 Å². The quantitative estimate of drug-likeness (QED) is 0.758. The third-order valence-corrected chi connectivity index (χ3v) is 5.25. The minimum Gasteiger partial charge on any atom is -0.377 e. The van der Waals surface area contributed by atoms with Gasteiger partial charge >= 0.3 is 5.69 Å². The molecule has 0 radical (unpaired) electrons. The number of amides is 1. The highest BCUT2D eigenvalue weighted by atomic mass is 16.5. The van der Waals surface area contributed by atoms with Gasteiger partial charge in [0.25, 0.3) is 5.56 Å². The monoisotopic (exact) mass is 305 g/mol. The molecule has 3 heterocycles. The highest BCUT2D eigenvalue weighted by Gasteiger charge is 2.50. The van der Waals surface area contributed by atoms with Gasteiger partial charge in [-0.3, -0.25) is 14.6 Å². The van der Waals surface area contributed by atoms with Gasteiger partial charge in [-0.25, -0.2) is 4.79 Å². The topological polar surface area (TPSA) is 95.3 Å². The molecule has 4 rings (SSSR count).